The Balaban J connectivity index is 1.63. The van der Waals surface area contributed by atoms with Gasteiger partial charge in [-0.3, -0.25) is 10.1 Å². The van der Waals surface area contributed by atoms with Crippen LogP contribution < -0.4 is 10.1 Å². The predicted molar refractivity (Wildman–Crippen MR) is 146 cm³/mol. The monoisotopic (exact) mass is 500 g/mol. The van der Waals surface area contributed by atoms with Gasteiger partial charge in [-0.1, -0.05) is 50.6 Å². The number of thiophene rings is 1. The molecular weight excluding hydrogens is 472 g/mol. The van der Waals surface area contributed by atoms with E-state index in [1.54, 1.807) is 24.5 Å². The number of methoxy groups -OCH3 is 1. The smallest absolute Gasteiger partial charge is 0.274 e. The molecule has 36 heavy (non-hydrogen) atoms. The second-order valence-corrected chi connectivity index (χ2v) is 9.93. The van der Waals surface area contributed by atoms with Crippen molar-refractivity contribution in [1.29, 1.82) is 0 Å². The normalized spacial score (nSPS) is 15.2. The van der Waals surface area contributed by atoms with Crippen molar-refractivity contribution in [2.45, 2.75) is 45.4 Å². The lowest BCUT2D eigenvalue weighted by molar-refractivity contribution is -0.385. The van der Waals surface area contributed by atoms with Crippen molar-refractivity contribution in [1.82, 2.24) is 9.97 Å². The van der Waals surface area contributed by atoms with Crippen molar-refractivity contribution < 1.29 is 9.66 Å². The lowest BCUT2D eigenvalue weighted by atomic mass is 9.91. The summed E-state index contributed by atoms with van der Waals surface area (Å²) in [6.45, 7) is 4.26. The van der Waals surface area contributed by atoms with E-state index in [-0.39, 0.29) is 10.6 Å². The van der Waals surface area contributed by atoms with Crippen LogP contribution in [0.15, 0.2) is 53.9 Å². The molecule has 5 rings (SSSR count). The lowest BCUT2D eigenvalue weighted by Gasteiger charge is -2.16. The Labute approximate surface area is 214 Å². The van der Waals surface area contributed by atoms with Gasteiger partial charge in [0.1, 0.15) is 10.6 Å². The summed E-state index contributed by atoms with van der Waals surface area (Å²) in [6, 6.07) is 13.8. The number of allylic oxidation sites excluding steroid dienone is 1. The third-order valence-electron chi connectivity index (χ3n) is 6.67. The topological polar surface area (TPSA) is 90.2 Å². The van der Waals surface area contributed by atoms with Gasteiger partial charge in [0.15, 0.2) is 0 Å². The van der Waals surface area contributed by atoms with Crippen LogP contribution in [0.2, 0.25) is 0 Å². The first-order valence-corrected chi connectivity index (χ1v) is 13.1. The summed E-state index contributed by atoms with van der Waals surface area (Å²) in [6.07, 6.45) is 5.71. The van der Waals surface area contributed by atoms with Crippen molar-refractivity contribution in [3.05, 3.63) is 86.4 Å². The maximum atomic E-state index is 11.8. The standard InChI is InChI=1S/C28H28N4O3S/c1-4-8-18-15-25(35-3)23(16-24(18)32(33)34)29-28-30-26(22-13-14-36-27(22)31-28)21-12-7-9-17(2)19-10-5-6-11-20(19)21/h5-6,10-17H,4,7-9H2,1-3H3,(H,29,30,31). The molecule has 0 bridgehead atoms. The summed E-state index contributed by atoms with van der Waals surface area (Å²) in [5.41, 5.74) is 5.65. The van der Waals surface area contributed by atoms with Crippen LogP contribution in [0.25, 0.3) is 15.8 Å². The van der Waals surface area contributed by atoms with Crippen LogP contribution in [0.1, 0.15) is 61.4 Å². The Morgan fingerprint density at radius 2 is 2.06 bits per heavy atom. The van der Waals surface area contributed by atoms with Crippen molar-refractivity contribution in [2.24, 2.45) is 0 Å². The molecule has 2 aromatic carbocycles. The van der Waals surface area contributed by atoms with Gasteiger partial charge in [0.2, 0.25) is 5.95 Å². The van der Waals surface area contributed by atoms with E-state index in [0.29, 0.717) is 35.3 Å². The quantitative estimate of drug-likeness (QED) is 0.207. The summed E-state index contributed by atoms with van der Waals surface area (Å²) in [5.74, 6) is 1.36. The number of nitrogens with zero attached hydrogens (tertiary/aromatic N) is 3. The minimum atomic E-state index is -0.348. The molecule has 0 radical (unpaired) electrons. The number of nitro groups is 1. The SMILES string of the molecule is CCCc1cc(OC)c(Nc2nc(C3=CCCC(C)c4ccccc43)c3ccsc3n2)cc1[N+](=O)[O-]. The van der Waals surface area contributed by atoms with Gasteiger partial charge in [0.05, 0.1) is 23.4 Å². The molecule has 7 nitrogen and oxygen atoms in total. The highest BCUT2D eigenvalue weighted by molar-refractivity contribution is 7.16. The van der Waals surface area contributed by atoms with E-state index >= 15 is 0 Å². The van der Waals surface area contributed by atoms with Gasteiger partial charge in [-0.15, -0.1) is 11.3 Å². The summed E-state index contributed by atoms with van der Waals surface area (Å²) < 4.78 is 5.58. The third-order valence-corrected chi connectivity index (χ3v) is 7.48. The Morgan fingerprint density at radius 1 is 1.22 bits per heavy atom. The van der Waals surface area contributed by atoms with E-state index in [9.17, 15) is 10.1 Å². The maximum absolute atomic E-state index is 11.8. The van der Waals surface area contributed by atoms with E-state index in [1.165, 1.54) is 17.2 Å². The second-order valence-electron chi connectivity index (χ2n) is 9.03. The van der Waals surface area contributed by atoms with Crippen LogP contribution in [-0.2, 0) is 6.42 Å². The fraction of sp³-hybridized carbons (Fsp3) is 0.286. The van der Waals surface area contributed by atoms with Crippen LogP contribution in [0, 0.1) is 10.1 Å². The second kappa shape index (κ2) is 10.1. The molecule has 2 heterocycles. The fourth-order valence-electron chi connectivity index (χ4n) is 4.89. The highest BCUT2D eigenvalue weighted by Gasteiger charge is 2.23. The zero-order valence-corrected chi connectivity index (χ0v) is 21.4. The first kappa shape index (κ1) is 23.9. The van der Waals surface area contributed by atoms with E-state index in [4.69, 9.17) is 14.7 Å². The number of benzene rings is 2. The molecule has 8 heteroatoms. The summed E-state index contributed by atoms with van der Waals surface area (Å²) in [5, 5.41) is 18.0. The number of rotatable bonds is 7. The molecule has 0 aliphatic heterocycles. The molecule has 0 amide bonds. The summed E-state index contributed by atoms with van der Waals surface area (Å²) in [4.78, 5) is 22.0. The van der Waals surface area contributed by atoms with E-state index in [2.05, 4.69) is 48.6 Å². The highest BCUT2D eigenvalue weighted by Crippen LogP contribution is 2.40. The minimum Gasteiger partial charge on any atom is -0.495 e. The van der Waals surface area contributed by atoms with Gasteiger partial charge in [0.25, 0.3) is 5.69 Å². The molecule has 0 fully saturated rings. The zero-order chi connectivity index (χ0) is 25.2. The van der Waals surface area contributed by atoms with Gasteiger partial charge < -0.3 is 10.1 Å². The van der Waals surface area contributed by atoms with Crippen molar-refractivity contribution in [3.63, 3.8) is 0 Å². The average molecular weight is 501 g/mol. The number of hydrogen-bond donors (Lipinski definition) is 1. The number of ether oxygens (including phenoxy) is 1. The Bertz CT molecular complexity index is 1480. The molecule has 1 atom stereocenters. The number of hydrogen-bond acceptors (Lipinski definition) is 7. The molecule has 0 saturated heterocycles. The minimum absolute atomic E-state index is 0.0620. The van der Waals surface area contributed by atoms with Crippen molar-refractivity contribution >= 4 is 44.4 Å². The molecule has 1 N–H and O–H groups in total. The van der Waals surface area contributed by atoms with Crippen molar-refractivity contribution in [3.8, 4) is 5.75 Å². The maximum Gasteiger partial charge on any atom is 0.274 e. The van der Waals surface area contributed by atoms with E-state index in [1.807, 2.05) is 12.3 Å². The average Bonchev–Trinajstić information content (AvgIpc) is 3.29. The van der Waals surface area contributed by atoms with Crippen LogP contribution in [-0.4, -0.2) is 22.0 Å². The molecule has 184 valence electrons. The number of anilines is 2. The number of fused-ring (bicyclic) bond motifs is 2. The predicted octanol–water partition coefficient (Wildman–Crippen LogP) is 7.63. The van der Waals surface area contributed by atoms with Gasteiger partial charge in [0, 0.05) is 22.6 Å². The van der Waals surface area contributed by atoms with Crippen LogP contribution >= 0.6 is 11.3 Å². The van der Waals surface area contributed by atoms with Crippen LogP contribution in [0.4, 0.5) is 17.3 Å². The molecule has 4 aromatic rings. The van der Waals surface area contributed by atoms with Crippen molar-refractivity contribution in [2.75, 3.05) is 12.4 Å². The molecule has 1 aliphatic carbocycles. The molecule has 1 unspecified atom stereocenters. The molecule has 2 aromatic heterocycles. The molecule has 0 spiro atoms. The van der Waals surface area contributed by atoms with Gasteiger partial charge >= 0.3 is 0 Å². The van der Waals surface area contributed by atoms with Gasteiger partial charge in [-0.05, 0) is 53.8 Å². The van der Waals surface area contributed by atoms with Crippen LogP contribution in [0.5, 0.6) is 5.75 Å². The number of nitro benzene ring substituents is 1. The molecule has 0 saturated carbocycles. The first-order chi connectivity index (χ1) is 17.5. The van der Waals surface area contributed by atoms with Crippen LogP contribution in [0.3, 0.4) is 0 Å². The van der Waals surface area contributed by atoms with Gasteiger partial charge in [-0.25, -0.2) is 9.97 Å². The summed E-state index contributed by atoms with van der Waals surface area (Å²) in [7, 11) is 1.56. The largest absolute Gasteiger partial charge is 0.495 e. The zero-order valence-electron chi connectivity index (χ0n) is 20.6. The Morgan fingerprint density at radius 3 is 2.83 bits per heavy atom. The fourth-order valence-corrected chi connectivity index (χ4v) is 5.66. The summed E-state index contributed by atoms with van der Waals surface area (Å²) >= 11 is 1.55. The first-order valence-electron chi connectivity index (χ1n) is 12.2. The Hall–Kier alpha value is -3.78. The van der Waals surface area contributed by atoms with Gasteiger partial charge in [-0.2, -0.15) is 0 Å². The molecular formula is C28H28N4O3S. The van der Waals surface area contributed by atoms with E-state index < -0.39 is 0 Å². The number of nitrogens with one attached hydrogen (secondary N) is 1. The highest BCUT2D eigenvalue weighted by atomic mass is 32.1. The third kappa shape index (κ3) is 4.44. The molecule has 1 aliphatic rings. The van der Waals surface area contributed by atoms with E-state index in [0.717, 1.165) is 40.7 Å². The lowest BCUT2D eigenvalue weighted by Crippen LogP contribution is -2.05. The Kier molecular flexibility index (Phi) is 6.69. The number of aryl methyl sites for hydroxylation is 1. The number of aromatic nitrogens is 2.